The van der Waals surface area contributed by atoms with Crippen LogP contribution < -0.4 is 5.32 Å². The number of nitro groups is 1. The van der Waals surface area contributed by atoms with E-state index in [1.165, 1.54) is 6.07 Å². The maximum Gasteiger partial charge on any atom is 0.416 e. The summed E-state index contributed by atoms with van der Waals surface area (Å²) in [6.45, 7) is 1.40. The smallest absolute Gasteiger partial charge is 0.316 e. The molecule has 0 bridgehead atoms. The number of benzene rings is 1. The van der Waals surface area contributed by atoms with E-state index in [1.54, 1.807) is 0 Å². The summed E-state index contributed by atoms with van der Waals surface area (Å²) in [4.78, 5) is 10.2. The maximum atomic E-state index is 12.6. The van der Waals surface area contributed by atoms with Gasteiger partial charge in [0, 0.05) is 24.1 Å². The zero-order valence-electron chi connectivity index (χ0n) is 10.0. The second kappa shape index (κ2) is 5.16. The summed E-state index contributed by atoms with van der Waals surface area (Å²) in [7, 11) is 0. The van der Waals surface area contributed by atoms with Crippen LogP contribution in [-0.2, 0) is 6.18 Å². The SMILES string of the molecule is O=[N+]([O-])c1cc(C(F)(F)F)ccc1C1CCCNC1. The van der Waals surface area contributed by atoms with Crippen LogP contribution in [0, 0.1) is 10.1 Å². The maximum absolute atomic E-state index is 12.6. The van der Waals surface area contributed by atoms with Crippen molar-refractivity contribution < 1.29 is 18.1 Å². The summed E-state index contributed by atoms with van der Waals surface area (Å²) in [6.07, 6.45) is -2.95. The Hall–Kier alpha value is -1.63. The van der Waals surface area contributed by atoms with E-state index in [0.717, 1.165) is 25.5 Å². The summed E-state index contributed by atoms with van der Waals surface area (Å²) < 4.78 is 37.7. The van der Waals surface area contributed by atoms with Crippen molar-refractivity contribution in [3.8, 4) is 0 Å². The molecule has 0 aliphatic carbocycles. The Morgan fingerprint density at radius 1 is 1.37 bits per heavy atom. The highest BCUT2D eigenvalue weighted by molar-refractivity contribution is 5.46. The average Bonchev–Trinajstić information content (AvgIpc) is 2.38. The van der Waals surface area contributed by atoms with Gasteiger partial charge in [-0.2, -0.15) is 13.2 Å². The first-order valence-electron chi connectivity index (χ1n) is 5.96. The molecule has 1 heterocycles. The summed E-state index contributed by atoms with van der Waals surface area (Å²) in [5.74, 6) is -0.101. The lowest BCUT2D eigenvalue weighted by Crippen LogP contribution is -2.28. The third-order valence-corrected chi connectivity index (χ3v) is 3.29. The van der Waals surface area contributed by atoms with E-state index in [0.29, 0.717) is 18.2 Å². The minimum atomic E-state index is -4.56. The zero-order valence-corrected chi connectivity index (χ0v) is 10.0. The minimum Gasteiger partial charge on any atom is -0.316 e. The Labute approximate surface area is 107 Å². The van der Waals surface area contributed by atoms with E-state index >= 15 is 0 Å². The number of nitrogens with zero attached hydrogens (tertiary/aromatic N) is 1. The molecule has 0 amide bonds. The molecular weight excluding hydrogens is 261 g/mol. The van der Waals surface area contributed by atoms with Crippen LogP contribution in [0.5, 0.6) is 0 Å². The number of rotatable bonds is 2. The van der Waals surface area contributed by atoms with E-state index in [1.807, 2.05) is 0 Å². The van der Waals surface area contributed by atoms with Crippen molar-refractivity contribution in [3.05, 3.63) is 39.4 Å². The molecule has 104 valence electrons. The normalized spacial score (nSPS) is 20.3. The predicted molar refractivity (Wildman–Crippen MR) is 62.9 cm³/mol. The third-order valence-electron chi connectivity index (χ3n) is 3.29. The highest BCUT2D eigenvalue weighted by Gasteiger charge is 2.34. The van der Waals surface area contributed by atoms with Crippen molar-refractivity contribution in [1.82, 2.24) is 5.32 Å². The molecule has 1 N–H and O–H groups in total. The molecule has 1 saturated heterocycles. The van der Waals surface area contributed by atoms with Gasteiger partial charge in [-0.05, 0) is 25.5 Å². The van der Waals surface area contributed by atoms with E-state index in [2.05, 4.69) is 5.32 Å². The molecule has 1 unspecified atom stereocenters. The van der Waals surface area contributed by atoms with Crippen LogP contribution in [-0.4, -0.2) is 18.0 Å². The molecular formula is C12H13F3N2O2. The van der Waals surface area contributed by atoms with Crippen LogP contribution in [0.25, 0.3) is 0 Å². The fourth-order valence-electron chi connectivity index (χ4n) is 2.34. The van der Waals surface area contributed by atoms with Crippen molar-refractivity contribution >= 4 is 5.69 Å². The lowest BCUT2D eigenvalue weighted by atomic mass is 9.90. The van der Waals surface area contributed by atoms with Crippen LogP contribution in [0.3, 0.4) is 0 Å². The van der Waals surface area contributed by atoms with Crippen LogP contribution in [0.2, 0.25) is 0 Å². The minimum absolute atomic E-state index is 0.101. The lowest BCUT2D eigenvalue weighted by molar-refractivity contribution is -0.386. The predicted octanol–water partition coefficient (Wildman–Crippen LogP) is 3.08. The molecule has 0 aromatic heterocycles. The van der Waals surface area contributed by atoms with Gasteiger partial charge in [-0.15, -0.1) is 0 Å². The topological polar surface area (TPSA) is 55.2 Å². The molecule has 0 radical (unpaired) electrons. The van der Waals surface area contributed by atoms with Crippen LogP contribution >= 0.6 is 0 Å². The van der Waals surface area contributed by atoms with Crippen LogP contribution in [0.15, 0.2) is 18.2 Å². The number of halogens is 3. The van der Waals surface area contributed by atoms with Crippen molar-refractivity contribution in [2.24, 2.45) is 0 Å². The van der Waals surface area contributed by atoms with Gasteiger partial charge in [-0.3, -0.25) is 10.1 Å². The van der Waals surface area contributed by atoms with Gasteiger partial charge >= 0.3 is 6.18 Å². The van der Waals surface area contributed by atoms with Gasteiger partial charge in [-0.25, -0.2) is 0 Å². The Morgan fingerprint density at radius 3 is 2.63 bits per heavy atom. The standard InChI is InChI=1S/C12H13F3N2O2/c13-12(14,15)9-3-4-10(11(6-9)17(18)19)8-2-1-5-16-7-8/h3-4,6,8,16H,1-2,5,7H2. The molecule has 1 atom stereocenters. The largest absolute Gasteiger partial charge is 0.416 e. The molecule has 19 heavy (non-hydrogen) atoms. The van der Waals surface area contributed by atoms with Crippen LogP contribution in [0.4, 0.5) is 18.9 Å². The van der Waals surface area contributed by atoms with E-state index < -0.39 is 22.4 Å². The number of piperidine rings is 1. The highest BCUT2D eigenvalue weighted by Crippen LogP contribution is 2.36. The molecule has 1 fully saturated rings. The number of hydrogen-bond acceptors (Lipinski definition) is 3. The Balaban J connectivity index is 2.40. The van der Waals surface area contributed by atoms with Crippen molar-refractivity contribution in [3.63, 3.8) is 0 Å². The first-order chi connectivity index (χ1) is 8.89. The van der Waals surface area contributed by atoms with Crippen LogP contribution in [0.1, 0.15) is 29.9 Å². The van der Waals surface area contributed by atoms with Gasteiger partial charge in [0.05, 0.1) is 10.5 Å². The van der Waals surface area contributed by atoms with Gasteiger partial charge in [0.1, 0.15) is 0 Å². The van der Waals surface area contributed by atoms with Gasteiger partial charge in [0.15, 0.2) is 0 Å². The zero-order chi connectivity index (χ0) is 14.0. The molecule has 0 saturated carbocycles. The van der Waals surface area contributed by atoms with E-state index in [4.69, 9.17) is 0 Å². The van der Waals surface area contributed by atoms with Gasteiger partial charge in [0.25, 0.3) is 5.69 Å². The number of nitrogens with one attached hydrogen (secondary N) is 1. The molecule has 0 spiro atoms. The number of alkyl halides is 3. The Kier molecular flexibility index (Phi) is 3.75. The monoisotopic (exact) mass is 274 g/mol. The molecule has 1 aromatic rings. The second-order valence-electron chi connectivity index (χ2n) is 4.57. The molecule has 4 nitrogen and oxygen atoms in total. The number of hydrogen-bond donors (Lipinski definition) is 1. The Morgan fingerprint density at radius 2 is 2.11 bits per heavy atom. The summed E-state index contributed by atoms with van der Waals surface area (Å²) in [6, 6.07) is 2.78. The third kappa shape index (κ3) is 3.04. The van der Waals surface area contributed by atoms with Crippen molar-refractivity contribution in [1.29, 1.82) is 0 Å². The van der Waals surface area contributed by atoms with Gasteiger partial charge in [0.2, 0.25) is 0 Å². The van der Waals surface area contributed by atoms with E-state index in [9.17, 15) is 23.3 Å². The number of nitro benzene ring substituents is 1. The van der Waals surface area contributed by atoms with Gasteiger partial charge < -0.3 is 5.32 Å². The second-order valence-corrected chi connectivity index (χ2v) is 4.57. The molecule has 1 aliphatic heterocycles. The Bertz CT molecular complexity index is 482. The van der Waals surface area contributed by atoms with Crippen molar-refractivity contribution in [2.45, 2.75) is 24.9 Å². The summed E-state index contributed by atoms with van der Waals surface area (Å²) in [5, 5.41) is 14.1. The fourth-order valence-corrected chi connectivity index (χ4v) is 2.34. The first kappa shape index (κ1) is 13.8. The average molecular weight is 274 g/mol. The molecule has 7 heteroatoms. The van der Waals surface area contributed by atoms with Gasteiger partial charge in [-0.1, -0.05) is 6.07 Å². The highest BCUT2D eigenvalue weighted by atomic mass is 19.4. The first-order valence-corrected chi connectivity index (χ1v) is 5.96. The lowest BCUT2D eigenvalue weighted by Gasteiger charge is -2.23. The molecule has 1 aliphatic rings. The van der Waals surface area contributed by atoms with E-state index in [-0.39, 0.29) is 5.92 Å². The quantitative estimate of drug-likeness (QED) is 0.666. The van der Waals surface area contributed by atoms with Crippen molar-refractivity contribution in [2.75, 3.05) is 13.1 Å². The fraction of sp³-hybridized carbons (Fsp3) is 0.500. The summed E-state index contributed by atoms with van der Waals surface area (Å²) >= 11 is 0. The molecule has 2 rings (SSSR count). The molecule has 1 aromatic carbocycles. The summed E-state index contributed by atoms with van der Waals surface area (Å²) in [5.41, 5.74) is -1.04.